The topological polar surface area (TPSA) is 38.8 Å². The molecule has 0 aromatic rings. The normalized spacial score (nSPS) is 29.3. The Morgan fingerprint density at radius 3 is 2.33 bits per heavy atom. The number of amides is 1. The van der Waals surface area contributed by atoms with Gasteiger partial charge in [-0.05, 0) is 78.3 Å². The van der Waals surface area contributed by atoms with E-state index in [1.807, 2.05) is 0 Å². The highest BCUT2D eigenvalue weighted by Gasteiger charge is 2.28. The van der Waals surface area contributed by atoms with Crippen molar-refractivity contribution in [2.75, 3.05) is 52.9 Å². The van der Waals surface area contributed by atoms with Crippen molar-refractivity contribution in [1.82, 2.24) is 20.0 Å². The zero-order valence-electron chi connectivity index (χ0n) is 15.5. The van der Waals surface area contributed by atoms with Crippen LogP contribution in [0.15, 0.2) is 0 Å². The summed E-state index contributed by atoms with van der Waals surface area (Å²) in [4.78, 5) is 19.9. The Morgan fingerprint density at radius 2 is 1.62 bits per heavy atom. The molecule has 0 aliphatic carbocycles. The molecule has 1 atom stereocenters. The number of hydrogen-bond acceptors (Lipinski definition) is 4. The summed E-state index contributed by atoms with van der Waals surface area (Å²) in [5.74, 6) is 0.243. The molecule has 5 heteroatoms. The van der Waals surface area contributed by atoms with Crippen LogP contribution in [0.25, 0.3) is 0 Å². The first-order valence-corrected chi connectivity index (χ1v) is 10.1. The van der Waals surface area contributed by atoms with Crippen LogP contribution in [0.4, 0.5) is 0 Å². The molecule has 0 radical (unpaired) electrons. The van der Waals surface area contributed by atoms with Crippen molar-refractivity contribution < 1.29 is 4.79 Å². The molecule has 1 N–H and O–H groups in total. The fourth-order valence-corrected chi connectivity index (χ4v) is 4.59. The summed E-state index contributed by atoms with van der Waals surface area (Å²) in [6.45, 7) is 7.50. The molecule has 3 rings (SSSR count). The number of rotatable bonds is 4. The molecule has 0 unspecified atom stereocenters. The van der Waals surface area contributed by atoms with Crippen molar-refractivity contribution in [3.8, 4) is 0 Å². The van der Waals surface area contributed by atoms with Gasteiger partial charge in [-0.25, -0.2) is 0 Å². The van der Waals surface area contributed by atoms with E-state index < -0.39 is 0 Å². The van der Waals surface area contributed by atoms with Gasteiger partial charge in [-0.3, -0.25) is 14.6 Å². The smallest absolute Gasteiger partial charge is 0.234 e. The maximum Gasteiger partial charge on any atom is 0.234 e. The molecule has 3 saturated heterocycles. The molecule has 3 fully saturated rings. The van der Waals surface area contributed by atoms with Gasteiger partial charge in [-0.2, -0.15) is 0 Å². The summed E-state index contributed by atoms with van der Waals surface area (Å²) in [5.41, 5.74) is 0. The van der Waals surface area contributed by atoms with Crippen LogP contribution in [-0.4, -0.2) is 85.6 Å². The van der Waals surface area contributed by atoms with Crippen LogP contribution >= 0.6 is 0 Å². The first kappa shape index (κ1) is 18.2. The first-order chi connectivity index (χ1) is 11.7. The van der Waals surface area contributed by atoms with Crippen LogP contribution < -0.4 is 5.32 Å². The van der Waals surface area contributed by atoms with Gasteiger partial charge in [-0.15, -0.1) is 0 Å². The second kappa shape index (κ2) is 9.16. The third kappa shape index (κ3) is 5.43. The summed E-state index contributed by atoms with van der Waals surface area (Å²) < 4.78 is 0. The Balaban J connectivity index is 1.42. The van der Waals surface area contributed by atoms with Gasteiger partial charge in [0.1, 0.15) is 0 Å². The predicted molar refractivity (Wildman–Crippen MR) is 98.2 cm³/mol. The lowest BCUT2D eigenvalue weighted by Crippen LogP contribution is -2.54. The van der Waals surface area contributed by atoms with E-state index in [1.54, 1.807) is 0 Å². The van der Waals surface area contributed by atoms with Gasteiger partial charge in [0.25, 0.3) is 0 Å². The van der Waals surface area contributed by atoms with Gasteiger partial charge in [0.15, 0.2) is 0 Å². The Hall–Kier alpha value is -0.650. The van der Waals surface area contributed by atoms with Crippen LogP contribution in [-0.2, 0) is 4.79 Å². The van der Waals surface area contributed by atoms with Gasteiger partial charge in [-0.1, -0.05) is 12.8 Å². The van der Waals surface area contributed by atoms with Gasteiger partial charge in [0, 0.05) is 18.6 Å². The minimum atomic E-state index is 0.243. The van der Waals surface area contributed by atoms with Gasteiger partial charge in [0.2, 0.25) is 5.91 Å². The van der Waals surface area contributed by atoms with E-state index in [0.29, 0.717) is 12.6 Å². The number of likely N-dealkylation sites (tertiary alicyclic amines) is 3. The van der Waals surface area contributed by atoms with E-state index in [4.69, 9.17) is 0 Å². The van der Waals surface area contributed by atoms with Crippen LogP contribution in [0.5, 0.6) is 0 Å². The molecule has 0 spiro atoms. The molecule has 1 amide bonds. The first-order valence-electron chi connectivity index (χ1n) is 10.1. The zero-order valence-corrected chi connectivity index (χ0v) is 15.5. The SMILES string of the molecule is CN1CCC(N2CCC[C@@H](NC(=O)CN3CCCCCC3)C2)CC1. The van der Waals surface area contributed by atoms with Crippen LogP contribution in [0.2, 0.25) is 0 Å². The third-order valence-corrected chi connectivity index (χ3v) is 6.09. The molecule has 5 nitrogen and oxygen atoms in total. The number of carbonyl (C=O) groups is 1. The molecule has 138 valence electrons. The number of piperidine rings is 2. The lowest BCUT2D eigenvalue weighted by atomic mass is 9.98. The van der Waals surface area contributed by atoms with E-state index in [1.165, 1.54) is 64.6 Å². The van der Waals surface area contributed by atoms with E-state index in [-0.39, 0.29) is 5.91 Å². The van der Waals surface area contributed by atoms with E-state index in [2.05, 4.69) is 27.1 Å². The molecule has 0 saturated carbocycles. The third-order valence-electron chi connectivity index (χ3n) is 6.09. The van der Waals surface area contributed by atoms with Crippen molar-refractivity contribution in [3.05, 3.63) is 0 Å². The van der Waals surface area contributed by atoms with Crippen molar-refractivity contribution in [1.29, 1.82) is 0 Å². The average Bonchev–Trinajstić information content (AvgIpc) is 2.84. The standard InChI is InChI=1S/C19H36N4O/c1-21-13-8-18(9-14-21)23-12-6-7-17(15-23)20-19(24)16-22-10-4-2-3-5-11-22/h17-18H,2-16H2,1H3,(H,20,24)/t17-/m1/s1. The molecule has 0 aromatic heterocycles. The van der Waals surface area contributed by atoms with E-state index in [0.717, 1.165) is 32.1 Å². The summed E-state index contributed by atoms with van der Waals surface area (Å²) in [5, 5.41) is 3.33. The van der Waals surface area contributed by atoms with Crippen LogP contribution in [0, 0.1) is 0 Å². The van der Waals surface area contributed by atoms with Crippen molar-refractivity contribution in [2.45, 2.75) is 63.5 Å². The predicted octanol–water partition coefficient (Wildman–Crippen LogP) is 1.54. The molecule has 3 aliphatic heterocycles. The molecule has 0 aromatic carbocycles. The lowest BCUT2D eigenvalue weighted by molar-refractivity contribution is -0.123. The second-order valence-electron chi connectivity index (χ2n) is 8.13. The summed E-state index contributed by atoms with van der Waals surface area (Å²) in [6, 6.07) is 1.09. The maximum absolute atomic E-state index is 12.4. The Morgan fingerprint density at radius 1 is 0.917 bits per heavy atom. The molecular formula is C19H36N4O. The molecule has 3 heterocycles. The van der Waals surface area contributed by atoms with Crippen molar-refractivity contribution in [2.24, 2.45) is 0 Å². The number of nitrogens with one attached hydrogen (secondary N) is 1. The van der Waals surface area contributed by atoms with Crippen LogP contribution in [0.3, 0.4) is 0 Å². The highest BCUT2D eigenvalue weighted by molar-refractivity contribution is 5.78. The monoisotopic (exact) mass is 336 g/mol. The van der Waals surface area contributed by atoms with Crippen LogP contribution in [0.1, 0.15) is 51.4 Å². The number of nitrogens with zero attached hydrogens (tertiary/aromatic N) is 3. The highest BCUT2D eigenvalue weighted by Crippen LogP contribution is 2.20. The molecule has 0 bridgehead atoms. The Bertz CT molecular complexity index is 387. The second-order valence-corrected chi connectivity index (χ2v) is 8.13. The minimum absolute atomic E-state index is 0.243. The summed E-state index contributed by atoms with van der Waals surface area (Å²) in [6.07, 6.45) is 10.1. The van der Waals surface area contributed by atoms with Crippen molar-refractivity contribution >= 4 is 5.91 Å². The highest BCUT2D eigenvalue weighted by atomic mass is 16.2. The lowest BCUT2D eigenvalue weighted by Gasteiger charge is -2.41. The molecule has 24 heavy (non-hydrogen) atoms. The summed E-state index contributed by atoms with van der Waals surface area (Å²) >= 11 is 0. The minimum Gasteiger partial charge on any atom is -0.351 e. The Kier molecular flexibility index (Phi) is 6.93. The quantitative estimate of drug-likeness (QED) is 0.845. The molecular weight excluding hydrogens is 300 g/mol. The van der Waals surface area contributed by atoms with E-state index >= 15 is 0 Å². The van der Waals surface area contributed by atoms with Gasteiger partial charge in [0.05, 0.1) is 6.54 Å². The zero-order chi connectivity index (χ0) is 16.8. The van der Waals surface area contributed by atoms with Gasteiger partial charge >= 0.3 is 0 Å². The van der Waals surface area contributed by atoms with Gasteiger partial charge < -0.3 is 10.2 Å². The number of hydrogen-bond donors (Lipinski definition) is 1. The van der Waals surface area contributed by atoms with Crippen molar-refractivity contribution in [3.63, 3.8) is 0 Å². The summed E-state index contributed by atoms with van der Waals surface area (Å²) in [7, 11) is 2.22. The van der Waals surface area contributed by atoms with E-state index in [9.17, 15) is 4.79 Å². The largest absolute Gasteiger partial charge is 0.351 e. The fourth-order valence-electron chi connectivity index (χ4n) is 4.59. The Labute approximate surface area is 147 Å². The molecule has 3 aliphatic rings. The average molecular weight is 337 g/mol. The number of carbonyl (C=O) groups excluding carboxylic acids is 1. The maximum atomic E-state index is 12.4. The fraction of sp³-hybridized carbons (Fsp3) is 0.947.